The highest BCUT2D eigenvalue weighted by atomic mass is 35.5. The van der Waals surface area contributed by atoms with Crippen LogP contribution in [0.5, 0.6) is 0 Å². The molecule has 1 N–H and O–H groups in total. The van der Waals surface area contributed by atoms with E-state index in [0.29, 0.717) is 17.1 Å². The first-order valence-electron chi connectivity index (χ1n) is 11.4. The summed E-state index contributed by atoms with van der Waals surface area (Å²) in [5.74, 6) is -1.82. The van der Waals surface area contributed by atoms with Gasteiger partial charge in [-0.25, -0.2) is 12.8 Å². The number of amides is 2. The highest BCUT2D eigenvalue weighted by Crippen LogP contribution is 2.28. The highest BCUT2D eigenvalue weighted by Gasteiger charge is 2.32. The molecule has 7 nitrogen and oxygen atoms in total. The van der Waals surface area contributed by atoms with Crippen LogP contribution in [0.15, 0.2) is 77.7 Å². The van der Waals surface area contributed by atoms with Crippen molar-refractivity contribution >= 4 is 50.7 Å². The average Bonchev–Trinajstić information content (AvgIpc) is 2.88. The van der Waals surface area contributed by atoms with Crippen LogP contribution in [0.4, 0.5) is 10.1 Å². The average molecular weight is 566 g/mol. The van der Waals surface area contributed by atoms with Gasteiger partial charge in [-0.3, -0.25) is 13.9 Å². The van der Waals surface area contributed by atoms with Gasteiger partial charge in [0.1, 0.15) is 18.4 Å². The first-order valence-corrected chi connectivity index (χ1v) is 13.6. The van der Waals surface area contributed by atoms with E-state index in [-0.39, 0.29) is 22.2 Å². The Morgan fingerprint density at radius 1 is 0.973 bits per heavy atom. The molecule has 0 aliphatic rings. The number of hydrogen-bond donors (Lipinski definition) is 1. The Labute approximate surface area is 225 Å². The Kier molecular flexibility index (Phi) is 9.53. The quantitative estimate of drug-likeness (QED) is 0.379. The predicted octanol–water partition coefficient (Wildman–Crippen LogP) is 4.88. The van der Waals surface area contributed by atoms with E-state index in [1.165, 1.54) is 23.1 Å². The van der Waals surface area contributed by atoms with E-state index >= 15 is 0 Å². The molecule has 196 valence electrons. The Morgan fingerprint density at radius 3 is 2.24 bits per heavy atom. The van der Waals surface area contributed by atoms with Crippen LogP contribution < -0.4 is 9.62 Å². The van der Waals surface area contributed by atoms with Crippen molar-refractivity contribution in [3.8, 4) is 0 Å². The highest BCUT2D eigenvalue weighted by molar-refractivity contribution is 7.92. The molecule has 1 unspecified atom stereocenters. The fourth-order valence-corrected chi connectivity index (χ4v) is 5.40. The normalized spacial score (nSPS) is 12.0. The van der Waals surface area contributed by atoms with Gasteiger partial charge in [-0.05, 0) is 55.8 Å². The maximum Gasteiger partial charge on any atom is 0.264 e. The number of carbonyl (C=O) groups is 2. The second-order valence-electron chi connectivity index (χ2n) is 8.11. The minimum Gasteiger partial charge on any atom is -0.355 e. The van der Waals surface area contributed by atoms with Crippen LogP contribution in [0, 0.1) is 5.82 Å². The maximum atomic E-state index is 13.9. The third-order valence-corrected chi connectivity index (χ3v) is 8.06. The van der Waals surface area contributed by atoms with E-state index in [0.717, 1.165) is 16.4 Å². The molecule has 3 aromatic carbocycles. The standard InChI is InChI=1S/C26H26Cl2FN3O4S/c1-3-30-26(34)18(2)31(16-19-9-7-8-12-22(19)27)25(33)17-32(20-13-14-24(29)23(28)15-20)37(35,36)21-10-5-4-6-11-21/h4-15,18H,3,16-17H2,1-2H3,(H,30,34). The number of hydrogen-bond acceptors (Lipinski definition) is 4. The summed E-state index contributed by atoms with van der Waals surface area (Å²) >= 11 is 12.3. The molecule has 0 fully saturated rings. The Bertz CT molecular complexity index is 1370. The van der Waals surface area contributed by atoms with Crippen LogP contribution in [0.25, 0.3) is 0 Å². The third-order valence-electron chi connectivity index (χ3n) is 5.62. The zero-order valence-corrected chi connectivity index (χ0v) is 22.5. The van der Waals surface area contributed by atoms with E-state index in [1.807, 2.05) is 0 Å². The third kappa shape index (κ3) is 6.80. The van der Waals surface area contributed by atoms with Gasteiger partial charge in [0, 0.05) is 18.1 Å². The van der Waals surface area contributed by atoms with E-state index in [2.05, 4.69) is 5.32 Å². The van der Waals surface area contributed by atoms with Gasteiger partial charge in [0.15, 0.2) is 0 Å². The number of halogens is 3. The second-order valence-corrected chi connectivity index (χ2v) is 10.8. The molecule has 37 heavy (non-hydrogen) atoms. The summed E-state index contributed by atoms with van der Waals surface area (Å²) in [6.45, 7) is 2.93. The van der Waals surface area contributed by atoms with Crippen LogP contribution in [-0.4, -0.2) is 44.3 Å². The molecule has 3 aromatic rings. The molecule has 0 saturated carbocycles. The van der Waals surface area contributed by atoms with Crippen LogP contribution in [-0.2, 0) is 26.2 Å². The van der Waals surface area contributed by atoms with Gasteiger partial charge in [-0.1, -0.05) is 59.6 Å². The summed E-state index contributed by atoms with van der Waals surface area (Å²) < 4.78 is 42.0. The molecule has 0 aliphatic heterocycles. The SMILES string of the molecule is CCNC(=O)C(C)N(Cc1ccccc1Cl)C(=O)CN(c1ccc(F)c(Cl)c1)S(=O)(=O)c1ccccc1. The van der Waals surface area contributed by atoms with Gasteiger partial charge in [-0.2, -0.15) is 0 Å². The Hall–Kier alpha value is -3.14. The van der Waals surface area contributed by atoms with Crippen molar-refractivity contribution in [1.29, 1.82) is 0 Å². The van der Waals surface area contributed by atoms with Crippen LogP contribution >= 0.6 is 23.2 Å². The van der Waals surface area contributed by atoms with Crippen molar-refractivity contribution in [2.24, 2.45) is 0 Å². The molecule has 0 spiro atoms. The number of nitrogens with one attached hydrogen (secondary N) is 1. The molecule has 1 atom stereocenters. The molecule has 0 bridgehead atoms. The van der Waals surface area contributed by atoms with Gasteiger partial charge in [-0.15, -0.1) is 0 Å². The van der Waals surface area contributed by atoms with Gasteiger partial charge in [0.05, 0.1) is 15.6 Å². The van der Waals surface area contributed by atoms with Crippen molar-refractivity contribution < 1.29 is 22.4 Å². The molecule has 3 rings (SSSR count). The fraction of sp³-hybridized carbons (Fsp3) is 0.231. The van der Waals surface area contributed by atoms with E-state index in [1.54, 1.807) is 56.3 Å². The molecule has 0 aromatic heterocycles. The fourth-order valence-electron chi connectivity index (χ4n) is 3.60. The molecule has 11 heteroatoms. The lowest BCUT2D eigenvalue weighted by molar-refractivity contribution is -0.139. The number of anilines is 1. The van der Waals surface area contributed by atoms with Gasteiger partial charge < -0.3 is 10.2 Å². The Balaban J connectivity index is 2.05. The monoisotopic (exact) mass is 565 g/mol. The molecule has 0 heterocycles. The molecule has 0 radical (unpaired) electrons. The van der Waals surface area contributed by atoms with Crippen molar-refractivity contribution in [2.75, 3.05) is 17.4 Å². The number of benzene rings is 3. The summed E-state index contributed by atoms with van der Waals surface area (Å²) in [6, 6.07) is 16.8. The lowest BCUT2D eigenvalue weighted by atomic mass is 10.1. The van der Waals surface area contributed by atoms with E-state index in [4.69, 9.17) is 23.2 Å². The minimum atomic E-state index is -4.27. The van der Waals surface area contributed by atoms with Gasteiger partial charge >= 0.3 is 0 Å². The lowest BCUT2D eigenvalue weighted by Gasteiger charge is -2.32. The van der Waals surface area contributed by atoms with Gasteiger partial charge in [0.2, 0.25) is 11.8 Å². The van der Waals surface area contributed by atoms with Crippen molar-refractivity contribution in [3.63, 3.8) is 0 Å². The van der Waals surface area contributed by atoms with Crippen LogP contribution in [0.2, 0.25) is 10.0 Å². The molecule has 0 aliphatic carbocycles. The van der Waals surface area contributed by atoms with Crippen molar-refractivity contribution in [1.82, 2.24) is 10.2 Å². The van der Waals surface area contributed by atoms with Crippen molar-refractivity contribution in [3.05, 3.63) is 94.2 Å². The first-order chi connectivity index (χ1) is 17.6. The number of sulfonamides is 1. The predicted molar refractivity (Wildman–Crippen MR) is 143 cm³/mol. The Morgan fingerprint density at radius 2 is 1.62 bits per heavy atom. The summed E-state index contributed by atoms with van der Waals surface area (Å²) in [5.41, 5.74) is 0.572. The minimum absolute atomic E-state index is 0.00745. The van der Waals surface area contributed by atoms with Crippen LogP contribution in [0.3, 0.4) is 0 Å². The number of carbonyl (C=O) groups excluding carboxylic acids is 2. The smallest absolute Gasteiger partial charge is 0.264 e. The first kappa shape index (κ1) is 28.4. The molecule has 2 amide bonds. The summed E-state index contributed by atoms with van der Waals surface area (Å²) in [7, 11) is -4.27. The zero-order chi connectivity index (χ0) is 27.2. The van der Waals surface area contributed by atoms with E-state index < -0.39 is 40.2 Å². The summed E-state index contributed by atoms with van der Waals surface area (Å²) in [4.78, 5) is 27.6. The number of nitrogens with zero attached hydrogens (tertiary/aromatic N) is 2. The largest absolute Gasteiger partial charge is 0.355 e. The topological polar surface area (TPSA) is 86.8 Å². The molecule has 0 saturated heterocycles. The van der Waals surface area contributed by atoms with E-state index in [9.17, 15) is 22.4 Å². The molecular weight excluding hydrogens is 540 g/mol. The maximum absolute atomic E-state index is 13.9. The van der Waals surface area contributed by atoms with Crippen LogP contribution in [0.1, 0.15) is 19.4 Å². The zero-order valence-electron chi connectivity index (χ0n) is 20.2. The summed E-state index contributed by atoms with van der Waals surface area (Å²) in [6.07, 6.45) is 0. The second kappa shape index (κ2) is 12.4. The summed E-state index contributed by atoms with van der Waals surface area (Å²) in [5, 5.41) is 2.77. The number of likely N-dealkylation sites (N-methyl/N-ethyl adjacent to an activating group) is 1. The molecular formula is C26H26Cl2FN3O4S. The lowest BCUT2D eigenvalue weighted by Crippen LogP contribution is -2.51. The number of rotatable bonds is 10. The van der Waals surface area contributed by atoms with Gasteiger partial charge in [0.25, 0.3) is 10.0 Å². The van der Waals surface area contributed by atoms with Crippen molar-refractivity contribution in [2.45, 2.75) is 31.3 Å².